The Kier molecular flexibility index (Phi) is 5.21. The van der Waals surface area contributed by atoms with Crippen LogP contribution >= 0.6 is 27.5 Å². The molecule has 2 nitrogen and oxygen atoms in total. The lowest BCUT2D eigenvalue weighted by Gasteiger charge is -2.10. The highest BCUT2D eigenvalue weighted by atomic mass is 79.9. The van der Waals surface area contributed by atoms with Gasteiger partial charge in [0.2, 0.25) is 0 Å². The molecule has 0 bridgehead atoms. The molecule has 2 rings (SSSR count). The molecule has 0 saturated heterocycles. The van der Waals surface area contributed by atoms with Crippen molar-refractivity contribution < 1.29 is 9.53 Å². The van der Waals surface area contributed by atoms with Gasteiger partial charge in [0.05, 0.1) is 12.2 Å². The Labute approximate surface area is 131 Å². The maximum absolute atomic E-state index is 12.4. The van der Waals surface area contributed by atoms with E-state index in [0.717, 1.165) is 10.0 Å². The van der Waals surface area contributed by atoms with E-state index in [1.165, 1.54) is 0 Å². The van der Waals surface area contributed by atoms with Gasteiger partial charge in [-0.15, -0.1) is 0 Å². The molecule has 4 heteroatoms. The molecule has 0 spiro atoms. The SMILES string of the molecule is CCOc1ccc(Br)cc1C(=O)Cc1ccc(Cl)cc1. The molecule has 2 aromatic carbocycles. The molecule has 0 aliphatic heterocycles. The van der Waals surface area contributed by atoms with Gasteiger partial charge in [0.25, 0.3) is 0 Å². The average molecular weight is 354 g/mol. The van der Waals surface area contributed by atoms with Crippen LogP contribution in [0, 0.1) is 0 Å². The molecule has 20 heavy (non-hydrogen) atoms. The first-order valence-electron chi connectivity index (χ1n) is 6.30. The molecule has 2 aromatic rings. The van der Waals surface area contributed by atoms with E-state index in [2.05, 4.69) is 15.9 Å². The van der Waals surface area contributed by atoms with Gasteiger partial charge in [-0.25, -0.2) is 0 Å². The van der Waals surface area contributed by atoms with Crippen LogP contribution in [0.4, 0.5) is 0 Å². The second-order valence-electron chi connectivity index (χ2n) is 4.30. The first kappa shape index (κ1) is 15.1. The van der Waals surface area contributed by atoms with Crippen molar-refractivity contribution >= 4 is 33.3 Å². The van der Waals surface area contributed by atoms with Gasteiger partial charge in [-0.3, -0.25) is 4.79 Å². The summed E-state index contributed by atoms with van der Waals surface area (Å²) in [5.74, 6) is 0.645. The minimum absolute atomic E-state index is 0.0251. The van der Waals surface area contributed by atoms with E-state index in [1.54, 1.807) is 18.2 Å². The fourth-order valence-corrected chi connectivity index (χ4v) is 2.37. The van der Waals surface area contributed by atoms with Crippen LogP contribution in [0.3, 0.4) is 0 Å². The zero-order valence-corrected chi connectivity index (χ0v) is 13.4. The highest BCUT2D eigenvalue weighted by Gasteiger charge is 2.13. The van der Waals surface area contributed by atoms with Crippen molar-refractivity contribution in [2.24, 2.45) is 0 Å². The van der Waals surface area contributed by atoms with Crippen molar-refractivity contribution in [3.05, 3.63) is 63.1 Å². The van der Waals surface area contributed by atoms with Gasteiger partial charge in [0.1, 0.15) is 5.75 Å². The van der Waals surface area contributed by atoms with E-state index in [4.69, 9.17) is 16.3 Å². The van der Waals surface area contributed by atoms with Gasteiger partial charge in [-0.1, -0.05) is 39.7 Å². The summed E-state index contributed by atoms with van der Waals surface area (Å²) in [4.78, 5) is 12.4. The number of hydrogen-bond acceptors (Lipinski definition) is 2. The van der Waals surface area contributed by atoms with Crippen LogP contribution in [-0.2, 0) is 6.42 Å². The third kappa shape index (κ3) is 3.84. The van der Waals surface area contributed by atoms with Gasteiger partial charge in [0, 0.05) is 15.9 Å². The largest absolute Gasteiger partial charge is 0.493 e. The van der Waals surface area contributed by atoms with Gasteiger partial charge in [0.15, 0.2) is 5.78 Å². The minimum atomic E-state index is 0.0251. The van der Waals surface area contributed by atoms with Crippen LogP contribution in [0.2, 0.25) is 5.02 Å². The molecule has 0 fully saturated rings. The van der Waals surface area contributed by atoms with Crippen molar-refractivity contribution in [3.63, 3.8) is 0 Å². The number of rotatable bonds is 5. The third-order valence-corrected chi connectivity index (χ3v) is 3.57. The number of halogens is 2. The smallest absolute Gasteiger partial charge is 0.170 e. The van der Waals surface area contributed by atoms with Crippen molar-refractivity contribution in [2.45, 2.75) is 13.3 Å². The van der Waals surface area contributed by atoms with Crippen molar-refractivity contribution in [2.75, 3.05) is 6.61 Å². The van der Waals surface area contributed by atoms with Gasteiger partial charge >= 0.3 is 0 Å². The molecular weight excluding hydrogens is 340 g/mol. The van der Waals surface area contributed by atoms with Gasteiger partial charge < -0.3 is 4.74 Å². The summed E-state index contributed by atoms with van der Waals surface area (Å²) in [6, 6.07) is 12.8. The first-order valence-corrected chi connectivity index (χ1v) is 7.47. The van der Waals surface area contributed by atoms with E-state index < -0.39 is 0 Å². The molecule has 0 atom stereocenters. The summed E-state index contributed by atoms with van der Waals surface area (Å²) in [6.45, 7) is 2.43. The van der Waals surface area contributed by atoms with E-state index in [0.29, 0.717) is 29.4 Å². The Morgan fingerprint density at radius 3 is 2.55 bits per heavy atom. The van der Waals surface area contributed by atoms with Crippen LogP contribution in [0.25, 0.3) is 0 Å². The number of benzene rings is 2. The zero-order valence-electron chi connectivity index (χ0n) is 11.0. The fraction of sp³-hybridized carbons (Fsp3) is 0.188. The summed E-state index contributed by atoms with van der Waals surface area (Å²) in [6.07, 6.45) is 0.327. The Morgan fingerprint density at radius 1 is 1.20 bits per heavy atom. The summed E-state index contributed by atoms with van der Waals surface area (Å²) in [7, 11) is 0. The Balaban J connectivity index is 2.23. The van der Waals surface area contributed by atoms with Crippen molar-refractivity contribution in [1.29, 1.82) is 0 Å². The predicted octanol–water partition coefficient (Wildman–Crippen LogP) is 4.93. The molecule has 0 heterocycles. The number of Topliss-reactive ketones (excluding diaryl/α,β-unsaturated/α-hetero) is 1. The lowest BCUT2D eigenvalue weighted by molar-refractivity contribution is 0.0989. The molecule has 104 valence electrons. The van der Waals surface area contributed by atoms with Gasteiger partial charge in [-0.05, 0) is 42.8 Å². The van der Waals surface area contributed by atoms with Crippen LogP contribution in [-0.4, -0.2) is 12.4 Å². The number of ether oxygens (including phenoxy) is 1. The van der Waals surface area contributed by atoms with E-state index in [1.807, 2.05) is 31.2 Å². The van der Waals surface area contributed by atoms with E-state index in [9.17, 15) is 4.79 Å². The van der Waals surface area contributed by atoms with Crippen molar-refractivity contribution in [3.8, 4) is 5.75 Å². The maximum Gasteiger partial charge on any atom is 0.170 e. The first-order chi connectivity index (χ1) is 9.60. The fourth-order valence-electron chi connectivity index (χ4n) is 1.88. The topological polar surface area (TPSA) is 26.3 Å². The number of ketones is 1. The third-order valence-electron chi connectivity index (χ3n) is 2.82. The Bertz CT molecular complexity index is 608. The van der Waals surface area contributed by atoms with Crippen molar-refractivity contribution in [1.82, 2.24) is 0 Å². The van der Waals surface area contributed by atoms with E-state index >= 15 is 0 Å². The molecule has 0 unspecified atom stereocenters. The average Bonchev–Trinajstić information content (AvgIpc) is 2.43. The summed E-state index contributed by atoms with van der Waals surface area (Å²) in [5.41, 5.74) is 1.53. The lowest BCUT2D eigenvalue weighted by atomic mass is 10.0. The molecule has 0 aliphatic carbocycles. The highest BCUT2D eigenvalue weighted by molar-refractivity contribution is 9.10. The van der Waals surface area contributed by atoms with Gasteiger partial charge in [-0.2, -0.15) is 0 Å². The van der Waals surface area contributed by atoms with Crippen LogP contribution in [0.1, 0.15) is 22.8 Å². The Morgan fingerprint density at radius 2 is 1.90 bits per heavy atom. The molecule has 0 saturated carbocycles. The van der Waals surface area contributed by atoms with E-state index in [-0.39, 0.29) is 5.78 Å². The number of hydrogen-bond donors (Lipinski definition) is 0. The van der Waals surface area contributed by atoms with Crippen LogP contribution < -0.4 is 4.74 Å². The predicted molar refractivity (Wildman–Crippen MR) is 84.8 cm³/mol. The van der Waals surface area contributed by atoms with Crippen LogP contribution in [0.15, 0.2) is 46.9 Å². The minimum Gasteiger partial charge on any atom is -0.493 e. The molecule has 0 N–H and O–H groups in total. The maximum atomic E-state index is 12.4. The lowest BCUT2D eigenvalue weighted by Crippen LogP contribution is -2.07. The summed E-state index contributed by atoms with van der Waals surface area (Å²) < 4.78 is 6.37. The molecule has 0 radical (unpaired) electrons. The second-order valence-corrected chi connectivity index (χ2v) is 5.65. The molecule has 0 amide bonds. The second kappa shape index (κ2) is 6.91. The standard InChI is InChI=1S/C16H14BrClO2/c1-2-20-16-8-5-12(17)10-14(16)15(19)9-11-3-6-13(18)7-4-11/h3-8,10H,2,9H2,1H3. The summed E-state index contributed by atoms with van der Waals surface area (Å²) in [5, 5.41) is 0.665. The molecule has 0 aliphatic rings. The quantitative estimate of drug-likeness (QED) is 0.713. The number of carbonyl (C=O) groups is 1. The highest BCUT2D eigenvalue weighted by Crippen LogP contribution is 2.25. The number of carbonyl (C=O) groups excluding carboxylic acids is 1. The normalized spacial score (nSPS) is 10.3. The zero-order chi connectivity index (χ0) is 14.5. The molecular formula is C16H14BrClO2. The monoisotopic (exact) mass is 352 g/mol. The molecule has 0 aromatic heterocycles. The van der Waals surface area contributed by atoms with Crippen LogP contribution in [0.5, 0.6) is 5.75 Å². The Hall–Kier alpha value is -1.32. The summed E-state index contributed by atoms with van der Waals surface area (Å²) >= 11 is 9.23.